The van der Waals surface area contributed by atoms with E-state index in [0.29, 0.717) is 16.6 Å². The van der Waals surface area contributed by atoms with Crippen molar-refractivity contribution in [1.29, 1.82) is 0 Å². The first-order valence-electron chi connectivity index (χ1n) is 6.41. The van der Waals surface area contributed by atoms with E-state index in [1.54, 1.807) is 17.8 Å². The first-order chi connectivity index (χ1) is 10.5. The predicted molar refractivity (Wildman–Crippen MR) is 100 cm³/mol. The Morgan fingerprint density at radius 3 is 2.43 bits per heavy atom. The summed E-state index contributed by atoms with van der Waals surface area (Å²) in [5.74, 6) is -1.07. The lowest BCUT2D eigenvalue weighted by molar-refractivity contribution is 0.0697. The van der Waals surface area contributed by atoms with Crippen molar-refractivity contribution in [1.82, 2.24) is 0 Å². The zero-order valence-corrected chi connectivity index (χ0v) is 13.5. The Bertz CT molecular complexity index is 966. The highest BCUT2D eigenvalue weighted by Crippen LogP contribution is 2.32. The highest BCUT2D eigenvalue weighted by Gasteiger charge is 2.14. The average molecular weight is 362 g/mol. The summed E-state index contributed by atoms with van der Waals surface area (Å²) in [5, 5.41) is 9.84. The van der Waals surface area contributed by atoms with E-state index in [0.717, 1.165) is 9.79 Å². The van der Waals surface area contributed by atoms with Crippen LogP contribution >= 0.6 is 23.5 Å². The first-order valence-corrected chi connectivity index (χ1v) is 8.86. The molecule has 0 aliphatic heterocycles. The molecule has 0 atom stereocenters. The Kier molecular flexibility index (Phi) is 5.48. The summed E-state index contributed by atoms with van der Waals surface area (Å²) in [7, 11) is 0. The number of hydrogen-bond acceptors (Lipinski definition) is 5. The van der Waals surface area contributed by atoms with E-state index < -0.39 is 5.97 Å². The molecule has 0 aliphatic carbocycles. The van der Waals surface area contributed by atoms with Gasteiger partial charge in [0.2, 0.25) is 5.43 Å². The fourth-order valence-corrected chi connectivity index (χ4v) is 3.43. The highest BCUT2D eigenvalue weighted by molar-refractivity contribution is 7.99. The van der Waals surface area contributed by atoms with Gasteiger partial charge >= 0.3 is 5.97 Å². The molecule has 7 heteroatoms. The average Bonchev–Trinajstić information content (AvgIpc) is 2.54. The van der Waals surface area contributed by atoms with Crippen LogP contribution in [0.2, 0.25) is 0 Å². The molecular formula is C16H15AlO4S2. The SMILES string of the molecule is CSc1cc(SC)c2oc3ccc(C(=O)O)cc3c(=O)c2c1.[AlH3]. The standard InChI is InChI=1S/C16H12O4S2.Al.3H/c1-21-9-6-11-14(17)10-5-8(16(18)19)3-4-12(10)20-15(11)13(7-9)22-2;;;;/h3-7H,1-2H3,(H,18,19);;;;. The van der Waals surface area contributed by atoms with E-state index in [1.165, 1.54) is 30.0 Å². The second-order valence-electron chi connectivity index (χ2n) is 4.65. The van der Waals surface area contributed by atoms with E-state index in [4.69, 9.17) is 9.52 Å². The summed E-state index contributed by atoms with van der Waals surface area (Å²) in [6.45, 7) is 0. The molecule has 2 aromatic carbocycles. The third kappa shape index (κ3) is 3.15. The van der Waals surface area contributed by atoms with Crippen LogP contribution in [-0.2, 0) is 0 Å². The second kappa shape index (κ2) is 7.02. The fourth-order valence-electron chi connectivity index (χ4n) is 2.30. The fraction of sp³-hybridized carbons (Fsp3) is 0.125. The Labute approximate surface area is 151 Å². The monoisotopic (exact) mass is 362 g/mol. The molecular weight excluding hydrogens is 347 g/mol. The lowest BCUT2D eigenvalue weighted by Crippen LogP contribution is -2.05. The summed E-state index contributed by atoms with van der Waals surface area (Å²) in [6, 6.07) is 8.12. The van der Waals surface area contributed by atoms with Gasteiger partial charge < -0.3 is 9.52 Å². The second-order valence-corrected chi connectivity index (χ2v) is 6.38. The van der Waals surface area contributed by atoms with Gasteiger partial charge in [-0.15, -0.1) is 23.5 Å². The molecule has 23 heavy (non-hydrogen) atoms. The van der Waals surface area contributed by atoms with Gasteiger partial charge in [0.1, 0.15) is 5.58 Å². The number of fused-ring (bicyclic) bond motifs is 2. The number of rotatable bonds is 3. The Hall–Kier alpha value is -1.39. The van der Waals surface area contributed by atoms with Gasteiger partial charge in [0.15, 0.2) is 22.9 Å². The normalized spacial score (nSPS) is 10.7. The highest BCUT2D eigenvalue weighted by atomic mass is 32.2. The van der Waals surface area contributed by atoms with Crippen LogP contribution in [0, 0.1) is 0 Å². The topological polar surface area (TPSA) is 67.5 Å². The number of thioether (sulfide) groups is 2. The van der Waals surface area contributed by atoms with Gasteiger partial charge in [-0.3, -0.25) is 4.79 Å². The molecule has 0 aliphatic rings. The van der Waals surface area contributed by atoms with Crippen LogP contribution in [0.25, 0.3) is 21.9 Å². The Morgan fingerprint density at radius 1 is 1.09 bits per heavy atom. The van der Waals surface area contributed by atoms with E-state index in [9.17, 15) is 9.59 Å². The minimum atomic E-state index is -1.07. The van der Waals surface area contributed by atoms with Gasteiger partial charge in [0, 0.05) is 4.90 Å². The van der Waals surface area contributed by atoms with Crippen molar-refractivity contribution in [2.75, 3.05) is 12.5 Å². The lowest BCUT2D eigenvalue weighted by Gasteiger charge is -2.08. The zero-order valence-electron chi connectivity index (χ0n) is 11.9. The number of carboxylic acid groups (broad SMARTS) is 1. The molecule has 0 bridgehead atoms. The van der Waals surface area contributed by atoms with Crippen LogP contribution in [0.4, 0.5) is 0 Å². The zero-order chi connectivity index (χ0) is 15.9. The smallest absolute Gasteiger partial charge is 0.335 e. The summed E-state index contributed by atoms with van der Waals surface area (Å²) in [4.78, 5) is 25.7. The molecule has 1 aromatic heterocycles. The van der Waals surface area contributed by atoms with Crippen molar-refractivity contribution >= 4 is 68.8 Å². The Balaban J connectivity index is 0.00000192. The van der Waals surface area contributed by atoms with Gasteiger partial charge in [-0.25, -0.2) is 4.79 Å². The minimum Gasteiger partial charge on any atom is -0.478 e. The molecule has 0 saturated carbocycles. The minimum absolute atomic E-state index is 0. The van der Waals surface area contributed by atoms with Crippen molar-refractivity contribution in [2.45, 2.75) is 9.79 Å². The van der Waals surface area contributed by atoms with Crippen LogP contribution in [0.15, 0.2) is 49.3 Å². The first kappa shape index (κ1) is 18.0. The van der Waals surface area contributed by atoms with Gasteiger partial charge in [0.25, 0.3) is 0 Å². The maximum absolute atomic E-state index is 12.7. The molecule has 118 valence electrons. The molecule has 4 nitrogen and oxygen atoms in total. The number of carboxylic acids is 1. The Morgan fingerprint density at radius 2 is 1.83 bits per heavy atom. The molecule has 0 spiro atoms. The summed E-state index contributed by atoms with van der Waals surface area (Å²) in [6.07, 6.45) is 3.87. The van der Waals surface area contributed by atoms with E-state index in [1.807, 2.05) is 18.6 Å². The van der Waals surface area contributed by atoms with Crippen LogP contribution in [0.1, 0.15) is 10.4 Å². The van der Waals surface area contributed by atoms with Gasteiger partial charge in [-0.05, 0) is 42.8 Å². The molecule has 1 heterocycles. The molecule has 0 fully saturated rings. The van der Waals surface area contributed by atoms with Crippen LogP contribution in [-0.4, -0.2) is 40.9 Å². The van der Waals surface area contributed by atoms with E-state index >= 15 is 0 Å². The number of benzene rings is 2. The summed E-state index contributed by atoms with van der Waals surface area (Å²) >= 11 is 3.06. The summed E-state index contributed by atoms with van der Waals surface area (Å²) in [5.41, 5.74) is 0.816. The molecule has 0 unspecified atom stereocenters. The third-order valence-electron chi connectivity index (χ3n) is 3.41. The maximum atomic E-state index is 12.7. The number of aromatic carboxylic acids is 1. The molecule has 3 aromatic rings. The molecule has 3 rings (SSSR count). The van der Waals surface area contributed by atoms with Crippen molar-refractivity contribution < 1.29 is 14.3 Å². The largest absolute Gasteiger partial charge is 0.478 e. The number of carbonyl (C=O) groups is 1. The predicted octanol–water partition coefficient (Wildman–Crippen LogP) is 2.90. The number of hydrogen-bond donors (Lipinski definition) is 1. The van der Waals surface area contributed by atoms with Crippen molar-refractivity contribution in [3.63, 3.8) is 0 Å². The van der Waals surface area contributed by atoms with Crippen molar-refractivity contribution in [3.8, 4) is 0 Å². The van der Waals surface area contributed by atoms with Gasteiger partial charge in [0.05, 0.1) is 21.2 Å². The molecule has 1 N–H and O–H groups in total. The van der Waals surface area contributed by atoms with Crippen LogP contribution in [0.5, 0.6) is 0 Å². The molecule has 0 radical (unpaired) electrons. The van der Waals surface area contributed by atoms with Crippen molar-refractivity contribution in [3.05, 3.63) is 46.1 Å². The van der Waals surface area contributed by atoms with Crippen molar-refractivity contribution in [2.24, 2.45) is 0 Å². The maximum Gasteiger partial charge on any atom is 0.335 e. The van der Waals surface area contributed by atoms with E-state index in [-0.39, 0.29) is 33.7 Å². The quantitative estimate of drug-likeness (QED) is 0.439. The van der Waals surface area contributed by atoms with Gasteiger partial charge in [-0.1, -0.05) is 0 Å². The lowest BCUT2D eigenvalue weighted by atomic mass is 10.1. The third-order valence-corrected chi connectivity index (χ3v) is 4.86. The van der Waals surface area contributed by atoms with Gasteiger partial charge in [-0.2, -0.15) is 0 Å². The molecule has 0 amide bonds. The van der Waals surface area contributed by atoms with E-state index in [2.05, 4.69) is 0 Å². The van der Waals surface area contributed by atoms with Crippen LogP contribution < -0.4 is 5.43 Å². The summed E-state index contributed by atoms with van der Waals surface area (Å²) < 4.78 is 5.86. The van der Waals surface area contributed by atoms with Crippen LogP contribution in [0.3, 0.4) is 0 Å². The molecule has 0 saturated heterocycles.